The molecule has 7 nitrogen and oxygen atoms in total. The largest absolute Gasteiger partial charge is 0.497 e. The number of benzene rings is 2. The third-order valence-corrected chi connectivity index (χ3v) is 5.50. The van der Waals surface area contributed by atoms with Crippen LogP contribution >= 0.6 is 11.8 Å². The second kappa shape index (κ2) is 9.13. The quantitative estimate of drug-likeness (QED) is 0.375. The van der Waals surface area contributed by atoms with Crippen LogP contribution in [-0.2, 0) is 12.2 Å². The zero-order valence-corrected chi connectivity index (χ0v) is 18.0. The first-order valence-corrected chi connectivity index (χ1v) is 10.8. The van der Waals surface area contributed by atoms with Gasteiger partial charge in [0.05, 0.1) is 12.9 Å². The fourth-order valence-corrected chi connectivity index (χ4v) is 3.81. The van der Waals surface area contributed by atoms with Gasteiger partial charge in [-0.05, 0) is 49.7 Å². The minimum atomic E-state index is 0.531. The van der Waals surface area contributed by atoms with E-state index in [1.807, 2.05) is 24.3 Å². The van der Waals surface area contributed by atoms with Crippen LogP contribution in [0.25, 0.3) is 17.1 Å². The summed E-state index contributed by atoms with van der Waals surface area (Å²) in [4.78, 5) is 4.44. The van der Waals surface area contributed by atoms with Crippen molar-refractivity contribution in [2.75, 3.05) is 7.11 Å². The van der Waals surface area contributed by atoms with Gasteiger partial charge in [-0.3, -0.25) is 4.57 Å². The van der Waals surface area contributed by atoms with Crippen molar-refractivity contribution in [3.63, 3.8) is 0 Å². The summed E-state index contributed by atoms with van der Waals surface area (Å²) >= 11 is 1.52. The Morgan fingerprint density at radius 1 is 1.03 bits per heavy atom. The van der Waals surface area contributed by atoms with Gasteiger partial charge in [0, 0.05) is 17.7 Å². The molecule has 2 aromatic heterocycles. The Hall–Kier alpha value is -3.13. The number of ether oxygens (including phenoxy) is 1. The normalized spacial score (nSPS) is 11.0. The lowest BCUT2D eigenvalue weighted by Gasteiger charge is -2.10. The predicted octanol–water partition coefficient (Wildman–Crippen LogP) is 4.88. The van der Waals surface area contributed by atoms with Crippen molar-refractivity contribution in [3.8, 4) is 22.8 Å². The fourth-order valence-electron chi connectivity index (χ4n) is 3.02. The van der Waals surface area contributed by atoms with Crippen molar-refractivity contribution in [3.05, 3.63) is 65.8 Å². The molecule has 0 fully saturated rings. The highest BCUT2D eigenvalue weighted by Gasteiger charge is 2.17. The van der Waals surface area contributed by atoms with Crippen molar-refractivity contribution >= 4 is 11.8 Å². The Kier molecular flexibility index (Phi) is 6.13. The molecule has 0 unspecified atom stereocenters. The van der Waals surface area contributed by atoms with Gasteiger partial charge in [0.1, 0.15) is 5.75 Å². The molecule has 0 saturated carbocycles. The van der Waals surface area contributed by atoms with E-state index in [1.54, 1.807) is 7.11 Å². The molecule has 30 heavy (non-hydrogen) atoms. The van der Waals surface area contributed by atoms with E-state index in [4.69, 9.17) is 9.26 Å². The Morgan fingerprint density at radius 3 is 2.50 bits per heavy atom. The minimum Gasteiger partial charge on any atom is -0.497 e. The minimum absolute atomic E-state index is 0.531. The van der Waals surface area contributed by atoms with Gasteiger partial charge in [0.25, 0.3) is 0 Å². The number of hydrogen-bond acceptors (Lipinski definition) is 7. The van der Waals surface area contributed by atoms with Gasteiger partial charge in [0.2, 0.25) is 5.89 Å². The number of aromatic nitrogens is 5. The lowest BCUT2D eigenvalue weighted by molar-refractivity contribution is 0.384. The maximum absolute atomic E-state index is 5.36. The zero-order valence-electron chi connectivity index (χ0n) is 17.2. The van der Waals surface area contributed by atoms with Gasteiger partial charge < -0.3 is 9.26 Å². The highest BCUT2D eigenvalue weighted by molar-refractivity contribution is 7.98. The molecule has 0 spiro atoms. The highest BCUT2D eigenvalue weighted by Crippen LogP contribution is 2.30. The van der Waals surface area contributed by atoms with E-state index in [0.717, 1.165) is 46.6 Å². The molecule has 8 heteroatoms. The highest BCUT2D eigenvalue weighted by atomic mass is 32.2. The van der Waals surface area contributed by atoms with Gasteiger partial charge in [-0.2, -0.15) is 4.98 Å². The van der Waals surface area contributed by atoms with E-state index < -0.39 is 0 Å². The van der Waals surface area contributed by atoms with Crippen LogP contribution in [-0.4, -0.2) is 32.0 Å². The van der Waals surface area contributed by atoms with Crippen LogP contribution in [0, 0.1) is 6.92 Å². The number of hydrogen-bond donors (Lipinski definition) is 0. The van der Waals surface area contributed by atoms with Crippen LogP contribution in [0.3, 0.4) is 0 Å². The number of nitrogens with zero attached hydrogens (tertiary/aromatic N) is 5. The van der Waals surface area contributed by atoms with Gasteiger partial charge in [-0.15, -0.1) is 10.2 Å². The molecule has 0 N–H and O–H groups in total. The summed E-state index contributed by atoms with van der Waals surface area (Å²) in [5.41, 5.74) is 3.15. The zero-order chi connectivity index (χ0) is 20.9. The fraction of sp³-hybridized carbons (Fsp3) is 0.273. The number of thioether (sulfide) groups is 1. The van der Waals surface area contributed by atoms with Crippen LogP contribution in [0.2, 0.25) is 0 Å². The molecule has 4 rings (SSSR count). The first-order valence-electron chi connectivity index (χ1n) is 9.79. The first kappa shape index (κ1) is 20.2. The Morgan fingerprint density at radius 2 is 1.80 bits per heavy atom. The molecule has 4 aromatic rings. The molecule has 0 aliphatic rings. The summed E-state index contributed by atoms with van der Waals surface area (Å²) in [6.07, 6.45) is 1.80. The maximum atomic E-state index is 5.36. The van der Waals surface area contributed by atoms with Crippen molar-refractivity contribution < 1.29 is 9.26 Å². The lowest BCUT2D eigenvalue weighted by atomic mass is 10.2. The average Bonchev–Trinajstić information content (AvgIpc) is 3.40. The van der Waals surface area contributed by atoms with E-state index in [9.17, 15) is 0 Å². The molecule has 0 radical (unpaired) electrons. The van der Waals surface area contributed by atoms with Crippen LogP contribution in [0.1, 0.15) is 30.6 Å². The second-order valence-corrected chi connectivity index (χ2v) is 7.79. The van der Waals surface area contributed by atoms with E-state index in [-0.39, 0.29) is 0 Å². The Bertz CT molecular complexity index is 1100. The van der Waals surface area contributed by atoms with E-state index in [2.05, 4.69) is 63.0 Å². The monoisotopic (exact) mass is 421 g/mol. The Labute approximate surface area is 179 Å². The molecule has 0 aliphatic heterocycles. The summed E-state index contributed by atoms with van der Waals surface area (Å²) in [6.45, 7) is 4.16. The van der Waals surface area contributed by atoms with E-state index in [1.165, 1.54) is 17.3 Å². The van der Waals surface area contributed by atoms with E-state index in [0.29, 0.717) is 11.6 Å². The van der Waals surface area contributed by atoms with Gasteiger partial charge in [-0.25, -0.2) is 0 Å². The van der Waals surface area contributed by atoms with E-state index >= 15 is 0 Å². The molecular formula is C22H23N5O2S. The third kappa shape index (κ3) is 4.38. The number of aryl methyl sites for hydroxylation is 2. The third-order valence-electron chi connectivity index (χ3n) is 4.58. The Balaban J connectivity index is 1.66. The summed E-state index contributed by atoms with van der Waals surface area (Å²) in [5.74, 6) is 3.43. The predicted molar refractivity (Wildman–Crippen MR) is 116 cm³/mol. The number of methoxy groups -OCH3 is 1. The van der Waals surface area contributed by atoms with Crippen LogP contribution in [0.15, 0.2) is 58.2 Å². The molecule has 0 aliphatic carbocycles. The topological polar surface area (TPSA) is 78.9 Å². The van der Waals surface area contributed by atoms with Crippen molar-refractivity contribution in [1.82, 2.24) is 24.9 Å². The second-order valence-electron chi connectivity index (χ2n) is 6.85. The standard InChI is InChI=1S/C22H23N5O2S/c1-4-5-19-23-20(29-26-19)14-30-22-25-24-21(16-8-12-18(28-3)13-9-16)27(22)17-10-6-15(2)7-11-17/h6-13H,4-5,14H2,1-3H3. The SMILES string of the molecule is CCCc1noc(CSc2nnc(-c3ccc(OC)cc3)n2-c2ccc(C)cc2)n1. The van der Waals surface area contributed by atoms with Crippen LogP contribution in [0.4, 0.5) is 0 Å². The maximum Gasteiger partial charge on any atom is 0.237 e. The smallest absolute Gasteiger partial charge is 0.237 e. The summed E-state index contributed by atoms with van der Waals surface area (Å²) < 4.78 is 12.7. The molecule has 0 bridgehead atoms. The van der Waals surface area contributed by atoms with Crippen molar-refractivity contribution in [1.29, 1.82) is 0 Å². The molecule has 2 heterocycles. The lowest BCUT2D eigenvalue weighted by Crippen LogP contribution is -2.00. The summed E-state index contributed by atoms with van der Waals surface area (Å²) in [7, 11) is 1.65. The first-order chi connectivity index (χ1) is 14.7. The van der Waals surface area contributed by atoms with Crippen LogP contribution < -0.4 is 4.74 Å². The molecule has 154 valence electrons. The van der Waals surface area contributed by atoms with Crippen molar-refractivity contribution in [2.45, 2.75) is 37.6 Å². The molecule has 0 saturated heterocycles. The van der Waals surface area contributed by atoms with Gasteiger partial charge >= 0.3 is 0 Å². The van der Waals surface area contributed by atoms with Gasteiger partial charge in [0.15, 0.2) is 16.8 Å². The molecule has 0 atom stereocenters. The van der Waals surface area contributed by atoms with Gasteiger partial charge in [-0.1, -0.05) is 41.5 Å². The molecule has 2 aromatic carbocycles. The molecular weight excluding hydrogens is 398 g/mol. The van der Waals surface area contributed by atoms with Crippen LogP contribution in [0.5, 0.6) is 5.75 Å². The summed E-state index contributed by atoms with van der Waals surface area (Å²) in [5, 5.41) is 13.7. The average molecular weight is 422 g/mol. The summed E-state index contributed by atoms with van der Waals surface area (Å²) in [6, 6.07) is 16.1. The number of rotatable bonds is 8. The van der Waals surface area contributed by atoms with Crippen molar-refractivity contribution in [2.24, 2.45) is 0 Å². The molecule has 0 amide bonds.